The Balaban J connectivity index is 1.76. The van der Waals surface area contributed by atoms with Gasteiger partial charge in [-0.2, -0.15) is 0 Å². The Morgan fingerprint density at radius 3 is 1.85 bits per heavy atom. The average molecular weight is 460 g/mol. The zero-order chi connectivity index (χ0) is 25.2. The number of allylic oxidation sites excluding steroid dienone is 4. The van der Waals surface area contributed by atoms with Gasteiger partial charge in [0.1, 0.15) is 11.5 Å². The summed E-state index contributed by atoms with van der Waals surface area (Å²) in [7, 11) is 2.03. The SMILES string of the molecule is CN1c2ccccc2C(C)(C)C1C=c1c(=O)c(=CC2C=C(C(C)(C)C)OC(C(C)(C)C)=C2)c1=O. The molecule has 0 N–H and O–H groups in total. The van der Waals surface area contributed by atoms with E-state index in [2.05, 4.69) is 72.4 Å². The van der Waals surface area contributed by atoms with Crippen LogP contribution in [0.2, 0.25) is 0 Å². The highest BCUT2D eigenvalue weighted by Crippen LogP contribution is 2.44. The minimum Gasteiger partial charge on any atom is -0.466 e. The number of rotatable bonds is 2. The maximum Gasteiger partial charge on any atom is 0.200 e. The molecule has 4 heteroatoms. The van der Waals surface area contributed by atoms with Crippen LogP contribution in [0.5, 0.6) is 0 Å². The standard InChI is InChI=1S/C30H37NO3/c1-28(2,3)24-15-18(16-25(34-24)29(4,5)6)14-19-26(32)20(27(19)33)17-23-30(7,8)21-12-10-11-13-22(21)31(23)9/h10-18,23H,1-9H3. The van der Waals surface area contributed by atoms with E-state index in [-0.39, 0.29) is 44.3 Å². The highest BCUT2D eigenvalue weighted by molar-refractivity contribution is 5.68. The summed E-state index contributed by atoms with van der Waals surface area (Å²) >= 11 is 0. The van der Waals surface area contributed by atoms with E-state index in [0.717, 1.165) is 17.2 Å². The minimum atomic E-state index is -0.201. The molecule has 0 fully saturated rings. The second-order valence-electron chi connectivity index (χ2n) is 12.4. The Morgan fingerprint density at radius 1 is 0.853 bits per heavy atom. The first-order valence-corrected chi connectivity index (χ1v) is 12.1. The van der Waals surface area contributed by atoms with E-state index in [1.165, 1.54) is 5.56 Å². The number of likely N-dealkylation sites (N-methyl/N-ethyl adjacent to an activating group) is 1. The summed E-state index contributed by atoms with van der Waals surface area (Å²) in [6.45, 7) is 17.0. The van der Waals surface area contributed by atoms with Crippen molar-refractivity contribution in [3.8, 4) is 0 Å². The van der Waals surface area contributed by atoms with Gasteiger partial charge in [-0.3, -0.25) is 9.59 Å². The van der Waals surface area contributed by atoms with Crippen LogP contribution < -0.4 is 26.2 Å². The van der Waals surface area contributed by atoms with E-state index >= 15 is 0 Å². The fourth-order valence-electron chi connectivity index (χ4n) is 5.01. The lowest BCUT2D eigenvalue weighted by atomic mass is 9.80. The molecule has 34 heavy (non-hydrogen) atoms. The van der Waals surface area contributed by atoms with Crippen LogP contribution in [0.25, 0.3) is 12.2 Å². The molecular weight excluding hydrogens is 422 g/mol. The molecule has 2 aliphatic rings. The Bertz CT molecular complexity index is 1320. The van der Waals surface area contributed by atoms with Gasteiger partial charge in [-0.15, -0.1) is 0 Å². The Kier molecular flexibility index (Phi) is 5.58. The molecule has 0 spiro atoms. The van der Waals surface area contributed by atoms with Gasteiger partial charge in [0.05, 0.1) is 16.5 Å². The van der Waals surface area contributed by atoms with Gasteiger partial charge < -0.3 is 9.64 Å². The maximum absolute atomic E-state index is 13.1. The van der Waals surface area contributed by atoms with Crippen LogP contribution in [0.3, 0.4) is 0 Å². The summed E-state index contributed by atoms with van der Waals surface area (Å²) in [5, 5.41) is 0.583. The van der Waals surface area contributed by atoms with Crippen molar-refractivity contribution in [2.75, 3.05) is 11.9 Å². The van der Waals surface area contributed by atoms with Gasteiger partial charge in [0.2, 0.25) is 0 Å². The van der Waals surface area contributed by atoms with E-state index in [1.54, 1.807) is 6.08 Å². The number of hydrogen-bond acceptors (Lipinski definition) is 4. The normalized spacial score (nSPS) is 20.5. The fraction of sp³-hybridized carbons (Fsp3) is 0.467. The van der Waals surface area contributed by atoms with Gasteiger partial charge in [0, 0.05) is 34.9 Å². The molecule has 2 aliphatic heterocycles. The van der Waals surface area contributed by atoms with E-state index in [9.17, 15) is 9.59 Å². The molecule has 0 aromatic heterocycles. The number of fused-ring (bicyclic) bond motifs is 1. The van der Waals surface area contributed by atoms with Crippen LogP contribution in [0.1, 0.15) is 61.0 Å². The molecule has 180 valence electrons. The van der Waals surface area contributed by atoms with Gasteiger partial charge in [-0.05, 0) is 29.9 Å². The van der Waals surface area contributed by atoms with Crippen LogP contribution in [0, 0.1) is 16.7 Å². The third-order valence-corrected chi connectivity index (χ3v) is 7.18. The van der Waals surface area contributed by atoms with Crippen molar-refractivity contribution >= 4 is 17.8 Å². The summed E-state index contributed by atoms with van der Waals surface area (Å²) < 4.78 is 6.21. The number of ether oxygens (including phenoxy) is 1. The average Bonchev–Trinajstić information content (AvgIpc) is 2.94. The van der Waals surface area contributed by atoms with Crippen molar-refractivity contribution in [1.82, 2.24) is 0 Å². The number of anilines is 1. The largest absolute Gasteiger partial charge is 0.466 e. The second kappa shape index (κ2) is 7.83. The number of nitrogens with zero attached hydrogens (tertiary/aromatic N) is 1. The van der Waals surface area contributed by atoms with Crippen LogP contribution in [0.15, 0.2) is 57.5 Å². The minimum absolute atomic E-state index is 0.0581. The third kappa shape index (κ3) is 3.97. The van der Waals surface area contributed by atoms with Crippen molar-refractivity contribution in [3.63, 3.8) is 0 Å². The first-order chi connectivity index (χ1) is 15.6. The van der Waals surface area contributed by atoms with Crippen molar-refractivity contribution in [2.45, 2.75) is 66.8 Å². The molecule has 1 atom stereocenters. The van der Waals surface area contributed by atoms with Crippen LogP contribution >= 0.6 is 0 Å². The molecule has 0 radical (unpaired) electrons. The van der Waals surface area contributed by atoms with Crippen molar-refractivity contribution in [1.29, 1.82) is 0 Å². The van der Waals surface area contributed by atoms with Crippen molar-refractivity contribution in [2.24, 2.45) is 16.7 Å². The lowest BCUT2D eigenvalue weighted by molar-refractivity contribution is 0.155. The Labute approximate surface area is 202 Å². The third-order valence-electron chi connectivity index (χ3n) is 7.18. The molecule has 2 aromatic rings. The molecule has 1 unspecified atom stereocenters. The van der Waals surface area contributed by atoms with E-state index in [0.29, 0.717) is 5.22 Å². The van der Waals surface area contributed by atoms with Crippen molar-refractivity contribution < 1.29 is 4.74 Å². The zero-order valence-corrected chi connectivity index (χ0v) is 21.9. The molecule has 2 heterocycles. The molecule has 4 nitrogen and oxygen atoms in total. The van der Waals surface area contributed by atoms with Gasteiger partial charge in [0.15, 0.2) is 10.9 Å². The number of para-hydroxylation sites is 1. The Morgan fingerprint density at radius 2 is 1.35 bits per heavy atom. The molecule has 4 rings (SSSR count). The highest BCUT2D eigenvalue weighted by Gasteiger charge is 2.41. The van der Waals surface area contributed by atoms with Gasteiger partial charge >= 0.3 is 0 Å². The lowest BCUT2D eigenvalue weighted by Gasteiger charge is -2.33. The van der Waals surface area contributed by atoms with Gasteiger partial charge in [-0.1, -0.05) is 79.7 Å². The summed E-state index contributed by atoms with van der Waals surface area (Å²) in [6.07, 6.45) is 7.73. The molecular formula is C30H37NO3. The summed E-state index contributed by atoms with van der Waals surface area (Å²) in [5.41, 5.74) is 1.51. The van der Waals surface area contributed by atoms with Gasteiger partial charge in [0.25, 0.3) is 0 Å². The topological polar surface area (TPSA) is 46.6 Å². The second-order valence-corrected chi connectivity index (χ2v) is 12.4. The van der Waals surface area contributed by atoms with E-state index in [1.807, 2.05) is 37.4 Å². The van der Waals surface area contributed by atoms with Crippen molar-refractivity contribution in [3.05, 3.63) is 84.4 Å². The summed E-state index contributed by atoms with van der Waals surface area (Å²) in [5.74, 6) is 1.57. The molecule has 2 aromatic carbocycles. The van der Waals surface area contributed by atoms with E-state index in [4.69, 9.17) is 4.74 Å². The first kappa shape index (κ1) is 24.3. The summed E-state index contributed by atoms with van der Waals surface area (Å²) in [4.78, 5) is 28.4. The molecule has 0 bridgehead atoms. The van der Waals surface area contributed by atoms with Crippen LogP contribution in [-0.4, -0.2) is 13.1 Å². The predicted octanol–water partition coefficient (Wildman–Crippen LogP) is 4.15. The maximum atomic E-state index is 13.1. The molecule has 0 aliphatic carbocycles. The number of benzene rings is 1. The number of hydrogen-bond donors (Lipinski definition) is 0. The highest BCUT2D eigenvalue weighted by atomic mass is 16.5. The fourth-order valence-corrected chi connectivity index (χ4v) is 5.01. The van der Waals surface area contributed by atoms with Crippen LogP contribution in [-0.2, 0) is 10.2 Å². The predicted molar refractivity (Wildman–Crippen MR) is 141 cm³/mol. The Hall–Kier alpha value is -2.88. The molecule has 0 amide bonds. The monoisotopic (exact) mass is 459 g/mol. The molecule has 0 saturated carbocycles. The molecule has 0 saturated heterocycles. The van der Waals surface area contributed by atoms with Gasteiger partial charge in [-0.25, -0.2) is 0 Å². The van der Waals surface area contributed by atoms with Crippen LogP contribution in [0.4, 0.5) is 5.69 Å². The smallest absolute Gasteiger partial charge is 0.200 e. The van der Waals surface area contributed by atoms with E-state index < -0.39 is 0 Å². The summed E-state index contributed by atoms with van der Waals surface area (Å²) in [6, 6.07) is 8.22. The zero-order valence-electron chi connectivity index (χ0n) is 21.9. The lowest BCUT2D eigenvalue weighted by Crippen LogP contribution is -2.65. The quantitative estimate of drug-likeness (QED) is 0.677. The first-order valence-electron chi connectivity index (χ1n) is 12.1.